The molecule has 1 aromatic heterocycles. The molecule has 104 valence electrons. The summed E-state index contributed by atoms with van der Waals surface area (Å²) in [7, 11) is 2.96. The SMILES string of the molecule is COC(=O)C1CN(Cc2cccc(OC)n2)CCO1. The lowest BCUT2D eigenvalue weighted by atomic mass is 10.2. The van der Waals surface area contributed by atoms with Gasteiger partial charge in [0.15, 0.2) is 6.10 Å². The number of ether oxygens (including phenoxy) is 3. The predicted molar refractivity (Wildman–Crippen MR) is 67.8 cm³/mol. The molecule has 1 unspecified atom stereocenters. The summed E-state index contributed by atoms with van der Waals surface area (Å²) in [6.45, 7) is 2.47. The molecule has 2 heterocycles. The van der Waals surface area contributed by atoms with E-state index in [4.69, 9.17) is 14.2 Å². The Labute approximate surface area is 112 Å². The molecule has 1 saturated heterocycles. The fraction of sp³-hybridized carbons (Fsp3) is 0.538. The third-order valence-corrected chi connectivity index (χ3v) is 2.99. The lowest BCUT2D eigenvalue weighted by Crippen LogP contribution is -2.46. The summed E-state index contributed by atoms with van der Waals surface area (Å²) in [5.41, 5.74) is 0.907. The molecule has 1 aliphatic heterocycles. The highest BCUT2D eigenvalue weighted by Gasteiger charge is 2.27. The third-order valence-electron chi connectivity index (χ3n) is 2.99. The van der Waals surface area contributed by atoms with Crippen molar-refractivity contribution in [3.8, 4) is 5.88 Å². The van der Waals surface area contributed by atoms with E-state index in [0.29, 0.717) is 25.6 Å². The van der Waals surface area contributed by atoms with Gasteiger partial charge in [-0.1, -0.05) is 6.07 Å². The maximum absolute atomic E-state index is 11.5. The van der Waals surface area contributed by atoms with Crippen LogP contribution in [0.1, 0.15) is 5.69 Å². The maximum Gasteiger partial charge on any atom is 0.336 e. The molecule has 19 heavy (non-hydrogen) atoms. The van der Waals surface area contributed by atoms with Gasteiger partial charge in [-0.15, -0.1) is 0 Å². The van der Waals surface area contributed by atoms with Crippen LogP contribution in [0.15, 0.2) is 18.2 Å². The fourth-order valence-corrected chi connectivity index (χ4v) is 2.01. The molecule has 0 spiro atoms. The number of nitrogens with zero attached hydrogens (tertiary/aromatic N) is 2. The van der Waals surface area contributed by atoms with E-state index in [9.17, 15) is 4.79 Å². The molecule has 1 atom stereocenters. The topological polar surface area (TPSA) is 60.9 Å². The van der Waals surface area contributed by atoms with Crippen molar-refractivity contribution in [2.24, 2.45) is 0 Å². The van der Waals surface area contributed by atoms with Crippen molar-refractivity contribution < 1.29 is 19.0 Å². The molecule has 0 amide bonds. The molecule has 0 N–H and O–H groups in total. The molecule has 0 radical (unpaired) electrons. The Kier molecular flexibility index (Phi) is 4.70. The van der Waals surface area contributed by atoms with E-state index in [-0.39, 0.29) is 5.97 Å². The van der Waals surface area contributed by atoms with Gasteiger partial charge in [-0.05, 0) is 6.07 Å². The van der Waals surface area contributed by atoms with Crippen LogP contribution in [0.5, 0.6) is 5.88 Å². The number of hydrogen-bond acceptors (Lipinski definition) is 6. The largest absolute Gasteiger partial charge is 0.481 e. The van der Waals surface area contributed by atoms with Crippen molar-refractivity contribution in [1.82, 2.24) is 9.88 Å². The second-order valence-corrected chi connectivity index (χ2v) is 4.29. The zero-order chi connectivity index (χ0) is 13.7. The van der Waals surface area contributed by atoms with Crippen LogP contribution in [0.4, 0.5) is 0 Å². The van der Waals surface area contributed by atoms with Crippen molar-refractivity contribution in [2.45, 2.75) is 12.6 Å². The Hall–Kier alpha value is -1.66. The van der Waals surface area contributed by atoms with Gasteiger partial charge in [0.05, 0.1) is 26.5 Å². The summed E-state index contributed by atoms with van der Waals surface area (Å²) < 4.78 is 15.2. The van der Waals surface area contributed by atoms with Gasteiger partial charge < -0.3 is 14.2 Å². The van der Waals surface area contributed by atoms with Crippen molar-refractivity contribution in [3.05, 3.63) is 23.9 Å². The number of rotatable bonds is 4. The zero-order valence-electron chi connectivity index (χ0n) is 11.2. The zero-order valence-corrected chi connectivity index (χ0v) is 11.2. The standard InChI is InChI=1S/C13H18N2O4/c1-17-12-5-3-4-10(14-12)8-15-6-7-19-11(9-15)13(16)18-2/h3-5,11H,6-9H2,1-2H3. The highest BCUT2D eigenvalue weighted by molar-refractivity contribution is 5.74. The summed E-state index contributed by atoms with van der Waals surface area (Å²) in [5, 5.41) is 0. The highest BCUT2D eigenvalue weighted by atomic mass is 16.6. The van der Waals surface area contributed by atoms with E-state index in [1.807, 2.05) is 12.1 Å². The molecule has 1 aromatic rings. The van der Waals surface area contributed by atoms with Crippen LogP contribution in [0.2, 0.25) is 0 Å². The molecule has 0 bridgehead atoms. The monoisotopic (exact) mass is 266 g/mol. The summed E-state index contributed by atoms with van der Waals surface area (Å²) in [5.74, 6) is 0.263. The predicted octanol–water partition coefficient (Wildman–Crippen LogP) is 0.464. The Bertz CT molecular complexity index is 438. The van der Waals surface area contributed by atoms with E-state index in [1.165, 1.54) is 7.11 Å². The second-order valence-electron chi connectivity index (χ2n) is 4.29. The summed E-state index contributed by atoms with van der Waals surface area (Å²) in [6.07, 6.45) is -0.510. The average molecular weight is 266 g/mol. The van der Waals surface area contributed by atoms with E-state index in [2.05, 4.69) is 9.88 Å². The van der Waals surface area contributed by atoms with Gasteiger partial charge in [0, 0.05) is 25.7 Å². The minimum Gasteiger partial charge on any atom is -0.481 e. The van der Waals surface area contributed by atoms with Crippen LogP contribution in [0.3, 0.4) is 0 Å². The van der Waals surface area contributed by atoms with E-state index in [1.54, 1.807) is 13.2 Å². The molecule has 6 nitrogen and oxygen atoms in total. The minimum atomic E-state index is -0.510. The van der Waals surface area contributed by atoms with Crippen molar-refractivity contribution >= 4 is 5.97 Å². The summed E-state index contributed by atoms with van der Waals surface area (Å²) in [6, 6.07) is 5.64. The molecular weight excluding hydrogens is 248 g/mol. The third kappa shape index (κ3) is 3.65. The van der Waals surface area contributed by atoms with Crippen LogP contribution in [0, 0.1) is 0 Å². The van der Waals surface area contributed by atoms with Crippen LogP contribution in [-0.4, -0.2) is 55.9 Å². The first-order valence-corrected chi connectivity index (χ1v) is 6.14. The summed E-state index contributed by atoms with van der Waals surface area (Å²) in [4.78, 5) is 17.9. The minimum absolute atomic E-state index is 0.330. The number of methoxy groups -OCH3 is 2. The van der Waals surface area contributed by atoms with Gasteiger partial charge in [0.1, 0.15) is 0 Å². The first-order chi connectivity index (χ1) is 9.22. The Morgan fingerprint density at radius 1 is 1.53 bits per heavy atom. The smallest absolute Gasteiger partial charge is 0.336 e. The van der Waals surface area contributed by atoms with E-state index >= 15 is 0 Å². The van der Waals surface area contributed by atoms with Crippen molar-refractivity contribution in [3.63, 3.8) is 0 Å². The van der Waals surface area contributed by atoms with Crippen LogP contribution in [-0.2, 0) is 20.8 Å². The molecule has 0 aromatic carbocycles. The van der Waals surface area contributed by atoms with E-state index < -0.39 is 6.10 Å². The maximum atomic E-state index is 11.5. The first-order valence-electron chi connectivity index (χ1n) is 6.14. The summed E-state index contributed by atoms with van der Waals surface area (Å²) >= 11 is 0. The lowest BCUT2D eigenvalue weighted by Gasteiger charge is -2.31. The van der Waals surface area contributed by atoms with Gasteiger partial charge in [-0.3, -0.25) is 4.90 Å². The number of esters is 1. The molecule has 0 saturated carbocycles. The van der Waals surface area contributed by atoms with Crippen molar-refractivity contribution in [2.75, 3.05) is 33.9 Å². The Balaban J connectivity index is 1.96. The first kappa shape index (κ1) is 13.8. The average Bonchev–Trinajstić information content (AvgIpc) is 2.47. The molecule has 1 fully saturated rings. The van der Waals surface area contributed by atoms with Gasteiger partial charge in [0.25, 0.3) is 0 Å². The van der Waals surface area contributed by atoms with Crippen LogP contribution < -0.4 is 4.74 Å². The number of aromatic nitrogens is 1. The quantitative estimate of drug-likeness (QED) is 0.738. The Morgan fingerprint density at radius 2 is 2.37 bits per heavy atom. The highest BCUT2D eigenvalue weighted by Crippen LogP contribution is 2.12. The van der Waals surface area contributed by atoms with Crippen molar-refractivity contribution in [1.29, 1.82) is 0 Å². The van der Waals surface area contributed by atoms with Gasteiger partial charge in [0.2, 0.25) is 5.88 Å². The molecular formula is C13H18N2O4. The van der Waals surface area contributed by atoms with Crippen LogP contribution >= 0.6 is 0 Å². The second kappa shape index (κ2) is 6.49. The van der Waals surface area contributed by atoms with Gasteiger partial charge >= 0.3 is 5.97 Å². The number of pyridine rings is 1. The normalized spacial score (nSPS) is 20.0. The number of morpholine rings is 1. The molecule has 0 aliphatic carbocycles. The number of hydrogen-bond donors (Lipinski definition) is 0. The number of carbonyl (C=O) groups excluding carboxylic acids is 1. The molecule has 2 rings (SSSR count). The molecule has 1 aliphatic rings. The lowest BCUT2D eigenvalue weighted by molar-refractivity contribution is -0.160. The van der Waals surface area contributed by atoms with E-state index in [0.717, 1.165) is 12.2 Å². The van der Waals surface area contributed by atoms with Crippen LogP contribution in [0.25, 0.3) is 0 Å². The van der Waals surface area contributed by atoms with Gasteiger partial charge in [-0.2, -0.15) is 0 Å². The van der Waals surface area contributed by atoms with Gasteiger partial charge in [-0.25, -0.2) is 9.78 Å². The number of carbonyl (C=O) groups is 1. The molecule has 6 heteroatoms. The Morgan fingerprint density at radius 3 is 3.11 bits per heavy atom. The fourth-order valence-electron chi connectivity index (χ4n) is 2.01.